The van der Waals surface area contributed by atoms with E-state index >= 15 is 0 Å². The molecule has 0 aliphatic carbocycles. The highest BCUT2D eigenvalue weighted by Gasteiger charge is 2.30. The van der Waals surface area contributed by atoms with Gasteiger partial charge < -0.3 is 25.0 Å². The molecule has 0 saturated carbocycles. The standard InChI is InChI=1S/C29H40F2N8O6S/c1-44-27-24(35-23-5-6-25(40)37-26(23)41)4-3-22(36-27)19-7-12-38(13-8-19)11-2-16-46(42,43)39-14-9-20(10-15-39)34-29-32-17-21(18-33-29)45-28(30)31/h3-4,17-20,23,28,35H,2,5-16H2,1H3,(H,32,33,34)(H,37,40,41). The molecule has 2 aromatic heterocycles. The number of piperidine rings is 3. The third kappa shape index (κ3) is 8.97. The first kappa shape index (κ1) is 33.7. The molecule has 0 radical (unpaired) electrons. The van der Waals surface area contributed by atoms with E-state index in [9.17, 15) is 26.8 Å². The number of nitrogens with one attached hydrogen (secondary N) is 3. The van der Waals surface area contributed by atoms with Gasteiger partial charge in [-0.3, -0.25) is 14.9 Å². The molecule has 14 nitrogen and oxygen atoms in total. The van der Waals surface area contributed by atoms with Gasteiger partial charge in [-0.25, -0.2) is 27.7 Å². The predicted molar refractivity (Wildman–Crippen MR) is 164 cm³/mol. The maximum atomic E-state index is 13.0. The van der Waals surface area contributed by atoms with Crippen LogP contribution in [0.15, 0.2) is 24.5 Å². The van der Waals surface area contributed by atoms with Gasteiger partial charge >= 0.3 is 6.61 Å². The van der Waals surface area contributed by atoms with Crippen molar-refractivity contribution < 1.29 is 36.3 Å². The predicted octanol–water partition coefficient (Wildman–Crippen LogP) is 2.17. The number of nitrogens with zero attached hydrogens (tertiary/aromatic N) is 5. The van der Waals surface area contributed by atoms with Crippen LogP contribution in [0.25, 0.3) is 0 Å². The SMILES string of the molecule is COc1nc(C2CCN(CCCS(=O)(=O)N3CCC(Nc4ncc(OC(F)F)cn4)CC3)CC2)ccc1NC1CCC(=O)NC1=O. The van der Waals surface area contributed by atoms with E-state index in [1.807, 2.05) is 12.1 Å². The number of carbonyl (C=O) groups excluding carboxylic acids is 2. The van der Waals surface area contributed by atoms with Crippen molar-refractivity contribution in [2.24, 2.45) is 0 Å². The average molecular weight is 667 g/mol. The zero-order valence-electron chi connectivity index (χ0n) is 25.7. The second kappa shape index (κ2) is 15.3. The van der Waals surface area contributed by atoms with Crippen LogP contribution in [-0.4, -0.2) is 109 Å². The lowest BCUT2D eigenvalue weighted by Crippen LogP contribution is -2.47. The van der Waals surface area contributed by atoms with E-state index in [2.05, 4.69) is 35.6 Å². The second-order valence-electron chi connectivity index (χ2n) is 11.7. The van der Waals surface area contributed by atoms with Gasteiger partial charge in [0.1, 0.15) is 6.04 Å². The summed E-state index contributed by atoms with van der Waals surface area (Å²) in [5.41, 5.74) is 1.51. The summed E-state index contributed by atoms with van der Waals surface area (Å²) < 4.78 is 61.9. The van der Waals surface area contributed by atoms with E-state index in [-0.39, 0.29) is 47.6 Å². The van der Waals surface area contributed by atoms with Crippen molar-refractivity contribution >= 4 is 33.5 Å². The normalized spacial score (nSPS) is 20.8. The van der Waals surface area contributed by atoms with Crippen LogP contribution in [0.4, 0.5) is 20.4 Å². The summed E-state index contributed by atoms with van der Waals surface area (Å²) in [4.78, 5) is 38.5. The van der Waals surface area contributed by atoms with E-state index in [0.717, 1.165) is 31.6 Å². The van der Waals surface area contributed by atoms with Crippen molar-refractivity contribution in [1.29, 1.82) is 0 Å². The number of hydrogen-bond acceptors (Lipinski definition) is 12. The molecule has 3 aliphatic rings. The second-order valence-corrected chi connectivity index (χ2v) is 13.8. The smallest absolute Gasteiger partial charge is 0.387 e. The van der Waals surface area contributed by atoms with E-state index in [1.165, 1.54) is 23.8 Å². The molecule has 252 valence electrons. The van der Waals surface area contributed by atoms with Crippen LogP contribution in [0.5, 0.6) is 11.6 Å². The first-order valence-electron chi connectivity index (χ1n) is 15.5. The Kier molecular flexibility index (Phi) is 11.2. The largest absolute Gasteiger partial charge is 0.480 e. The Morgan fingerprint density at radius 3 is 2.39 bits per heavy atom. The molecule has 1 unspecified atom stereocenters. The third-order valence-electron chi connectivity index (χ3n) is 8.56. The quantitative estimate of drug-likeness (QED) is 0.267. The van der Waals surface area contributed by atoms with Crippen LogP contribution < -0.4 is 25.4 Å². The monoisotopic (exact) mass is 666 g/mol. The van der Waals surface area contributed by atoms with Crippen molar-refractivity contribution in [1.82, 2.24) is 29.5 Å². The van der Waals surface area contributed by atoms with Crippen molar-refractivity contribution in [3.8, 4) is 11.6 Å². The molecule has 0 bridgehead atoms. The molecule has 3 fully saturated rings. The third-order valence-corrected chi connectivity index (χ3v) is 10.5. The number of pyridine rings is 1. The highest BCUT2D eigenvalue weighted by Crippen LogP contribution is 2.32. The van der Waals surface area contributed by atoms with Gasteiger partial charge in [0.15, 0.2) is 5.75 Å². The molecule has 46 heavy (non-hydrogen) atoms. The fourth-order valence-corrected chi connectivity index (χ4v) is 7.55. The Labute approximate surface area is 266 Å². The Hall–Kier alpha value is -3.70. The van der Waals surface area contributed by atoms with Gasteiger partial charge in [-0.2, -0.15) is 8.78 Å². The molecule has 3 aliphatic heterocycles. The van der Waals surface area contributed by atoms with E-state index in [0.29, 0.717) is 56.9 Å². The number of carbonyl (C=O) groups is 2. The summed E-state index contributed by atoms with van der Waals surface area (Å²) in [7, 11) is -1.86. The number of amides is 2. The Morgan fingerprint density at radius 1 is 1.02 bits per heavy atom. The lowest BCUT2D eigenvalue weighted by atomic mass is 9.93. The topological polar surface area (TPSA) is 168 Å². The lowest BCUT2D eigenvalue weighted by Gasteiger charge is -2.33. The fourth-order valence-electron chi connectivity index (χ4n) is 6.03. The van der Waals surface area contributed by atoms with Crippen LogP contribution in [0.3, 0.4) is 0 Å². The summed E-state index contributed by atoms with van der Waals surface area (Å²) in [5.74, 6) is 0.245. The Morgan fingerprint density at radius 2 is 1.74 bits per heavy atom. The number of sulfonamides is 1. The molecule has 5 heterocycles. The number of alkyl halides is 2. The number of methoxy groups -OCH3 is 1. The molecule has 2 aromatic rings. The molecule has 0 aromatic carbocycles. The van der Waals surface area contributed by atoms with Crippen LogP contribution in [0, 0.1) is 0 Å². The molecule has 17 heteroatoms. The molecule has 1 atom stereocenters. The van der Waals surface area contributed by atoms with Gasteiger partial charge in [0.05, 0.1) is 30.9 Å². The van der Waals surface area contributed by atoms with Gasteiger partial charge in [-0.15, -0.1) is 0 Å². The van der Waals surface area contributed by atoms with Crippen LogP contribution >= 0.6 is 0 Å². The van der Waals surface area contributed by atoms with Gasteiger partial charge in [0, 0.05) is 37.2 Å². The van der Waals surface area contributed by atoms with E-state index in [4.69, 9.17) is 9.72 Å². The van der Waals surface area contributed by atoms with E-state index in [1.54, 1.807) is 0 Å². The first-order valence-corrected chi connectivity index (χ1v) is 17.1. The molecule has 2 amide bonds. The number of rotatable bonds is 13. The average Bonchev–Trinajstić information content (AvgIpc) is 3.04. The van der Waals surface area contributed by atoms with Gasteiger partial charge in [0.25, 0.3) is 0 Å². The number of halogens is 2. The van der Waals surface area contributed by atoms with E-state index < -0.39 is 22.7 Å². The van der Waals surface area contributed by atoms with Crippen molar-refractivity contribution in [2.75, 3.05) is 56.2 Å². The highest BCUT2D eigenvalue weighted by atomic mass is 32.2. The maximum absolute atomic E-state index is 13.0. The van der Waals surface area contributed by atoms with Crippen molar-refractivity contribution in [2.45, 2.75) is 69.6 Å². The number of aromatic nitrogens is 3. The number of likely N-dealkylation sites (tertiary alicyclic amines) is 1. The summed E-state index contributed by atoms with van der Waals surface area (Å²) in [5, 5.41) is 8.61. The molecule has 3 saturated heterocycles. The van der Waals surface area contributed by atoms with Crippen molar-refractivity contribution in [3.05, 3.63) is 30.2 Å². The number of hydrogen-bond donors (Lipinski definition) is 3. The van der Waals surface area contributed by atoms with Gasteiger partial charge in [0.2, 0.25) is 33.7 Å². The fraction of sp³-hybridized carbons (Fsp3) is 0.621. The number of imide groups is 1. The zero-order chi connectivity index (χ0) is 32.7. The summed E-state index contributed by atoms with van der Waals surface area (Å²) in [6.07, 6.45) is 6.49. The minimum absolute atomic E-state index is 0.0260. The molecular formula is C29H40F2N8O6S. The summed E-state index contributed by atoms with van der Waals surface area (Å²) in [6, 6.07) is 3.25. The van der Waals surface area contributed by atoms with Crippen LogP contribution in [0.2, 0.25) is 0 Å². The summed E-state index contributed by atoms with van der Waals surface area (Å²) in [6.45, 7) is 0.182. The number of anilines is 2. The minimum Gasteiger partial charge on any atom is -0.480 e. The maximum Gasteiger partial charge on any atom is 0.387 e. The van der Waals surface area contributed by atoms with Crippen LogP contribution in [-0.2, 0) is 19.6 Å². The lowest BCUT2D eigenvalue weighted by molar-refractivity contribution is -0.133. The molecule has 5 rings (SSSR count). The highest BCUT2D eigenvalue weighted by molar-refractivity contribution is 7.89. The zero-order valence-corrected chi connectivity index (χ0v) is 26.5. The Bertz CT molecular complexity index is 1450. The molecular weight excluding hydrogens is 626 g/mol. The Balaban J connectivity index is 1.02. The number of ether oxygens (including phenoxy) is 2. The molecule has 0 spiro atoms. The first-order chi connectivity index (χ1) is 22.1. The summed E-state index contributed by atoms with van der Waals surface area (Å²) >= 11 is 0. The van der Waals surface area contributed by atoms with Crippen molar-refractivity contribution in [3.63, 3.8) is 0 Å². The van der Waals surface area contributed by atoms with Gasteiger partial charge in [-0.1, -0.05) is 0 Å². The molecule has 3 N–H and O–H groups in total. The van der Waals surface area contributed by atoms with Crippen LogP contribution in [0.1, 0.15) is 56.6 Å². The minimum atomic E-state index is -3.39. The van der Waals surface area contributed by atoms with Gasteiger partial charge in [-0.05, 0) is 70.3 Å².